The van der Waals surface area contributed by atoms with Crippen LogP contribution in [0.5, 0.6) is 0 Å². The molecule has 6 nitrogen and oxygen atoms in total. The molecule has 1 aromatic rings. The van der Waals surface area contributed by atoms with Crippen molar-refractivity contribution in [1.82, 2.24) is 14.5 Å². The quantitative estimate of drug-likeness (QED) is 0.705. The van der Waals surface area contributed by atoms with Crippen LogP contribution in [0.1, 0.15) is 44.1 Å². The van der Waals surface area contributed by atoms with E-state index in [2.05, 4.69) is 5.32 Å². The average Bonchev–Trinajstić information content (AvgIpc) is 2.96. The first-order valence-corrected chi connectivity index (χ1v) is 11.8. The molecular weight excluding hydrogens is 419 g/mol. The van der Waals surface area contributed by atoms with Crippen molar-refractivity contribution in [3.05, 3.63) is 29.8 Å². The van der Waals surface area contributed by atoms with Gasteiger partial charge in [0.15, 0.2) is 0 Å². The van der Waals surface area contributed by atoms with Crippen LogP contribution in [0, 0.1) is 0 Å². The zero-order valence-corrected chi connectivity index (χ0v) is 17.6. The molecule has 1 saturated carbocycles. The Hall–Kier alpha value is -1.65. The molecule has 0 aromatic heterocycles. The molecule has 168 valence electrons. The number of carbonyl (C=O) groups excluding carboxylic acids is 1. The van der Waals surface area contributed by atoms with Gasteiger partial charge in [0.2, 0.25) is 15.9 Å². The van der Waals surface area contributed by atoms with Crippen molar-refractivity contribution in [1.29, 1.82) is 0 Å². The van der Waals surface area contributed by atoms with E-state index in [0.717, 1.165) is 42.1 Å². The van der Waals surface area contributed by atoms with Crippen molar-refractivity contribution >= 4 is 15.9 Å². The summed E-state index contributed by atoms with van der Waals surface area (Å²) in [6.45, 7) is 0.858. The van der Waals surface area contributed by atoms with Gasteiger partial charge in [-0.2, -0.15) is 17.5 Å². The second-order valence-electron chi connectivity index (χ2n) is 7.93. The third kappa shape index (κ3) is 5.73. The highest BCUT2D eigenvalue weighted by molar-refractivity contribution is 7.89. The van der Waals surface area contributed by atoms with Gasteiger partial charge in [-0.15, -0.1) is 0 Å². The fraction of sp³-hybridized carbons (Fsp3) is 0.650. The third-order valence-corrected chi connectivity index (χ3v) is 7.69. The van der Waals surface area contributed by atoms with Crippen molar-refractivity contribution in [3.8, 4) is 0 Å². The van der Waals surface area contributed by atoms with Gasteiger partial charge >= 0.3 is 6.18 Å². The summed E-state index contributed by atoms with van der Waals surface area (Å²) in [5.74, 6) is -0.0828. The maximum Gasteiger partial charge on any atom is 0.417 e. The molecule has 1 N–H and O–H groups in total. The zero-order chi connectivity index (χ0) is 21.8. The summed E-state index contributed by atoms with van der Waals surface area (Å²) in [6.07, 6.45) is 1.83. The molecule has 10 heteroatoms. The number of amides is 1. The number of nitrogens with one attached hydrogen (secondary N) is 1. The number of sulfonamides is 1. The molecule has 0 bridgehead atoms. The predicted octanol–water partition coefficient (Wildman–Crippen LogP) is 2.85. The summed E-state index contributed by atoms with van der Waals surface area (Å²) < 4.78 is 66.4. The molecule has 1 saturated heterocycles. The Balaban J connectivity index is 1.57. The van der Waals surface area contributed by atoms with E-state index >= 15 is 0 Å². The van der Waals surface area contributed by atoms with E-state index in [-0.39, 0.29) is 31.6 Å². The summed E-state index contributed by atoms with van der Waals surface area (Å²) >= 11 is 0. The molecule has 0 unspecified atom stereocenters. The highest BCUT2D eigenvalue weighted by Crippen LogP contribution is 2.35. The Bertz CT molecular complexity index is 829. The van der Waals surface area contributed by atoms with Crippen molar-refractivity contribution < 1.29 is 26.4 Å². The van der Waals surface area contributed by atoms with Gasteiger partial charge in [-0.3, -0.25) is 9.69 Å². The topological polar surface area (TPSA) is 69.7 Å². The minimum atomic E-state index is -4.75. The van der Waals surface area contributed by atoms with Gasteiger partial charge in [0.1, 0.15) is 0 Å². The van der Waals surface area contributed by atoms with Crippen LogP contribution in [0.4, 0.5) is 13.2 Å². The van der Waals surface area contributed by atoms with E-state index in [0.29, 0.717) is 13.1 Å². The van der Waals surface area contributed by atoms with E-state index in [9.17, 15) is 26.4 Å². The van der Waals surface area contributed by atoms with Crippen LogP contribution in [0.15, 0.2) is 29.2 Å². The van der Waals surface area contributed by atoms with Gasteiger partial charge in [-0.1, -0.05) is 37.8 Å². The lowest BCUT2D eigenvalue weighted by Crippen LogP contribution is -2.51. The number of piperazine rings is 1. The van der Waals surface area contributed by atoms with Crippen molar-refractivity contribution in [2.24, 2.45) is 0 Å². The van der Waals surface area contributed by atoms with Crippen LogP contribution in [0.3, 0.4) is 0 Å². The third-order valence-electron chi connectivity index (χ3n) is 5.73. The van der Waals surface area contributed by atoms with Crippen LogP contribution >= 0.6 is 0 Å². The molecule has 0 atom stereocenters. The molecule has 3 rings (SSSR count). The van der Waals surface area contributed by atoms with Crippen molar-refractivity contribution in [3.63, 3.8) is 0 Å². The molecule has 1 heterocycles. The van der Waals surface area contributed by atoms with Crippen molar-refractivity contribution in [2.75, 3.05) is 32.7 Å². The van der Waals surface area contributed by atoms with Crippen LogP contribution in [0.2, 0.25) is 0 Å². The van der Waals surface area contributed by atoms with Gasteiger partial charge in [-0.25, -0.2) is 8.42 Å². The Morgan fingerprint density at radius 1 is 1.00 bits per heavy atom. The number of hydrogen-bond acceptors (Lipinski definition) is 4. The molecule has 0 radical (unpaired) electrons. The second kappa shape index (κ2) is 9.65. The standard InChI is InChI=1S/C20H28F3N3O3S/c21-20(22,23)17-9-5-6-10-18(17)30(28,29)26-13-11-25(12-14-26)15-19(27)24-16-7-3-1-2-4-8-16/h5-6,9-10,16H,1-4,7-8,11-15H2,(H,24,27). The largest absolute Gasteiger partial charge is 0.417 e. The van der Waals surface area contributed by atoms with E-state index in [1.807, 2.05) is 4.90 Å². The van der Waals surface area contributed by atoms with Crippen LogP contribution < -0.4 is 5.32 Å². The molecule has 1 aromatic carbocycles. The first kappa shape index (κ1) is 23.0. The molecule has 0 spiro atoms. The Kier molecular flexibility index (Phi) is 7.41. The number of benzene rings is 1. The van der Waals surface area contributed by atoms with Gasteiger partial charge in [0.25, 0.3) is 0 Å². The van der Waals surface area contributed by atoms with Crippen LogP contribution in [-0.4, -0.2) is 62.3 Å². The molecule has 2 fully saturated rings. The number of carbonyl (C=O) groups is 1. The van der Waals surface area contributed by atoms with Gasteiger partial charge < -0.3 is 5.32 Å². The number of nitrogens with zero attached hydrogens (tertiary/aromatic N) is 2. The summed E-state index contributed by atoms with van der Waals surface area (Å²) in [4.78, 5) is 13.5. The maximum atomic E-state index is 13.2. The van der Waals surface area contributed by atoms with E-state index in [1.165, 1.54) is 25.0 Å². The predicted molar refractivity (Wildman–Crippen MR) is 106 cm³/mol. The number of alkyl halides is 3. The van der Waals surface area contributed by atoms with Crippen molar-refractivity contribution in [2.45, 2.75) is 55.6 Å². The smallest absolute Gasteiger partial charge is 0.352 e. The summed E-state index contributed by atoms with van der Waals surface area (Å²) in [5, 5.41) is 3.06. The minimum Gasteiger partial charge on any atom is -0.352 e. The van der Waals surface area contributed by atoms with E-state index in [4.69, 9.17) is 0 Å². The number of hydrogen-bond donors (Lipinski definition) is 1. The highest BCUT2D eigenvalue weighted by atomic mass is 32.2. The molecule has 1 aliphatic carbocycles. The highest BCUT2D eigenvalue weighted by Gasteiger charge is 2.39. The SMILES string of the molecule is O=C(CN1CCN(S(=O)(=O)c2ccccc2C(F)(F)F)CC1)NC1CCCCCC1. The van der Waals surface area contributed by atoms with Gasteiger partial charge in [0, 0.05) is 32.2 Å². The first-order chi connectivity index (χ1) is 14.2. The Labute approximate surface area is 175 Å². The monoisotopic (exact) mass is 447 g/mol. The minimum absolute atomic E-state index is 0.0469. The van der Waals surface area contributed by atoms with E-state index < -0.39 is 26.7 Å². The lowest BCUT2D eigenvalue weighted by Gasteiger charge is -2.34. The summed E-state index contributed by atoms with van der Waals surface area (Å²) in [6, 6.07) is 4.43. The lowest BCUT2D eigenvalue weighted by atomic mass is 10.1. The lowest BCUT2D eigenvalue weighted by molar-refractivity contribution is -0.140. The first-order valence-electron chi connectivity index (χ1n) is 10.4. The van der Waals surface area contributed by atoms with Crippen LogP contribution in [-0.2, 0) is 21.0 Å². The van der Waals surface area contributed by atoms with Gasteiger partial charge in [0.05, 0.1) is 17.0 Å². The fourth-order valence-electron chi connectivity index (χ4n) is 4.09. The van der Waals surface area contributed by atoms with E-state index in [1.54, 1.807) is 0 Å². The fourth-order valence-corrected chi connectivity index (χ4v) is 5.73. The molecule has 2 aliphatic rings. The Morgan fingerprint density at radius 2 is 1.60 bits per heavy atom. The molecular formula is C20H28F3N3O3S. The maximum absolute atomic E-state index is 13.2. The summed E-state index contributed by atoms with van der Waals surface area (Å²) in [5.41, 5.74) is -1.16. The molecule has 30 heavy (non-hydrogen) atoms. The number of halogens is 3. The average molecular weight is 448 g/mol. The number of rotatable bonds is 5. The normalized spacial score (nSPS) is 20.6. The zero-order valence-electron chi connectivity index (χ0n) is 16.8. The summed E-state index contributed by atoms with van der Waals surface area (Å²) in [7, 11) is -4.27. The Morgan fingerprint density at radius 3 is 2.20 bits per heavy atom. The molecule has 1 aliphatic heterocycles. The molecule has 1 amide bonds. The van der Waals surface area contributed by atoms with Crippen LogP contribution in [0.25, 0.3) is 0 Å². The van der Waals surface area contributed by atoms with Gasteiger partial charge in [-0.05, 0) is 25.0 Å². The second-order valence-corrected chi connectivity index (χ2v) is 9.84.